The molecule has 8 nitrogen and oxygen atoms in total. The lowest BCUT2D eigenvalue weighted by molar-refractivity contribution is 0.156. The first kappa shape index (κ1) is 26.0. The lowest BCUT2D eigenvalue weighted by atomic mass is 10.0. The number of hydrogen-bond donors (Lipinski definition) is 2. The standard InChI is InChI=1S/C19H31N3O5.ClH/c1-8-19(2,3)20-12-16(23)13-9-14(26-17(24)21(4)5)11-15(10-13)27-18(25)22(6)7;/h9-11,16,20,23H,8,12H2,1-7H3;1H. The van der Waals surface area contributed by atoms with E-state index in [1.54, 1.807) is 40.3 Å². The van der Waals surface area contributed by atoms with E-state index in [0.717, 1.165) is 6.42 Å². The number of halogens is 1. The van der Waals surface area contributed by atoms with Crippen molar-refractivity contribution in [3.05, 3.63) is 23.8 Å². The zero-order chi connectivity index (χ0) is 20.8. The molecule has 9 heteroatoms. The van der Waals surface area contributed by atoms with Crippen LogP contribution in [0.1, 0.15) is 38.9 Å². The fourth-order valence-corrected chi connectivity index (χ4v) is 1.90. The Labute approximate surface area is 173 Å². The first-order valence-corrected chi connectivity index (χ1v) is 8.81. The number of ether oxygens (including phenoxy) is 2. The van der Waals surface area contributed by atoms with Gasteiger partial charge < -0.3 is 29.7 Å². The molecule has 0 saturated heterocycles. The SMILES string of the molecule is CCC(C)(C)NCC(O)c1cc(OC(=O)N(C)C)cc(OC(=O)N(C)C)c1.Cl. The molecule has 1 unspecified atom stereocenters. The third kappa shape index (κ3) is 8.33. The average Bonchev–Trinajstić information content (AvgIpc) is 2.59. The molecule has 1 atom stereocenters. The molecule has 1 aromatic rings. The molecule has 0 saturated carbocycles. The number of carbonyl (C=O) groups is 2. The molecule has 28 heavy (non-hydrogen) atoms. The van der Waals surface area contributed by atoms with Crippen LogP contribution >= 0.6 is 12.4 Å². The van der Waals surface area contributed by atoms with Crippen molar-refractivity contribution in [2.45, 2.75) is 38.8 Å². The molecule has 2 N–H and O–H groups in total. The predicted molar refractivity (Wildman–Crippen MR) is 110 cm³/mol. The Bertz CT molecular complexity index is 625. The summed E-state index contributed by atoms with van der Waals surface area (Å²) in [5.41, 5.74) is 0.343. The van der Waals surface area contributed by atoms with Crippen molar-refractivity contribution in [3.63, 3.8) is 0 Å². The minimum absolute atomic E-state index is 0. The summed E-state index contributed by atoms with van der Waals surface area (Å²) in [6, 6.07) is 4.54. The van der Waals surface area contributed by atoms with Gasteiger partial charge in [-0.25, -0.2) is 9.59 Å². The van der Waals surface area contributed by atoms with Crippen LogP contribution in [0, 0.1) is 0 Å². The number of β-amino-alcohol motifs (C(OH)–C–C–N with tert-alkyl or cyclic N) is 1. The van der Waals surface area contributed by atoms with Gasteiger partial charge in [-0.15, -0.1) is 12.4 Å². The molecule has 0 bridgehead atoms. The van der Waals surface area contributed by atoms with E-state index in [1.807, 2.05) is 13.8 Å². The highest BCUT2D eigenvalue weighted by Crippen LogP contribution is 2.28. The van der Waals surface area contributed by atoms with Gasteiger partial charge in [-0.2, -0.15) is 0 Å². The van der Waals surface area contributed by atoms with Gasteiger partial charge in [0.05, 0.1) is 6.10 Å². The first-order chi connectivity index (χ1) is 12.4. The second-order valence-electron chi connectivity index (χ2n) is 7.40. The maximum Gasteiger partial charge on any atom is 0.414 e. The molecule has 1 aromatic carbocycles. The summed E-state index contributed by atoms with van der Waals surface area (Å²) in [5, 5.41) is 13.8. The van der Waals surface area contributed by atoms with Crippen molar-refractivity contribution in [3.8, 4) is 11.5 Å². The highest BCUT2D eigenvalue weighted by atomic mass is 35.5. The Kier molecular flexibility index (Phi) is 10.3. The van der Waals surface area contributed by atoms with Gasteiger partial charge in [0.2, 0.25) is 0 Å². The molecule has 0 fully saturated rings. The Morgan fingerprint density at radius 1 is 1.04 bits per heavy atom. The molecular formula is C19H32ClN3O5. The number of benzene rings is 1. The predicted octanol–water partition coefficient (Wildman–Crippen LogP) is 3.04. The third-order valence-corrected chi connectivity index (χ3v) is 4.09. The number of aliphatic hydroxyl groups excluding tert-OH is 1. The highest BCUT2D eigenvalue weighted by molar-refractivity contribution is 5.85. The van der Waals surface area contributed by atoms with E-state index in [4.69, 9.17) is 9.47 Å². The zero-order valence-corrected chi connectivity index (χ0v) is 18.4. The number of rotatable bonds is 7. The monoisotopic (exact) mass is 417 g/mol. The van der Waals surface area contributed by atoms with Crippen LogP contribution in [0.5, 0.6) is 11.5 Å². The molecule has 0 heterocycles. The van der Waals surface area contributed by atoms with Gasteiger partial charge in [0.15, 0.2) is 0 Å². The van der Waals surface area contributed by atoms with Crippen LogP contribution in [-0.2, 0) is 0 Å². The number of carbonyl (C=O) groups excluding carboxylic acids is 2. The molecule has 1 rings (SSSR count). The van der Waals surface area contributed by atoms with Crippen molar-refractivity contribution in [1.82, 2.24) is 15.1 Å². The lowest BCUT2D eigenvalue weighted by Gasteiger charge is -2.26. The van der Waals surface area contributed by atoms with E-state index in [9.17, 15) is 14.7 Å². The van der Waals surface area contributed by atoms with Crippen LogP contribution in [0.25, 0.3) is 0 Å². The Hall–Kier alpha value is -2.03. The van der Waals surface area contributed by atoms with Crippen LogP contribution < -0.4 is 14.8 Å². The largest absolute Gasteiger partial charge is 0.414 e. The topological polar surface area (TPSA) is 91.3 Å². The van der Waals surface area contributed by atoms with E-state index < -0.39 is 18.3 Å². The fourth-order valence-electron chi connectivity index (χ4n) is 1.90. The molecule has 160 valence electrons. The summed E-state index contributed by atoms with van der Waals surface area (Å²) in [6.07, 6.45) is -1.12. The van der Waals surface area contributed by atoms with Crippen molar-refractivity contribution in [2.75, 3.05) is 34.7 Å². The van der Waals surface area contributed by atoms with E-state index in [2.05, 4.69) is 12.2 Å². The summed E-state index contributed by atoms with van der Waals surface area (Å²) in [6.45, 7) is 6.44. The quantitative estimate of drug-likeness (QED) is 0.708. The Balaban J connectivity index is 0.00000729. The summed E-state index contributed by atoms with van der Waals surface area (Å²) < 4.78 is 10.5. The van der Waals surface area contributed by atoms with Crippen LogP contribution in [0.2, 0.25) is 0 Å². The van der Waals surface area contributed by atoms with E-state index in [1.165, 1.54) is 15.9 Å². The molecular weight excluding hydrogens is 386 g/mol. The number of nitrogens with zero attached hydrogens (tertiary/aromatic N) is 2. The smallest absolute Gasteiger partial charge is 0.410 e. The molecule has 0 aliphatic heterocycles. The van der Waals surface area contributed by atoms with Gasteiger partial charge in [-0.05, 0) is 38.0 Å². The van der Waals surface area contributed by atoms with Crippen LogP contribution in [0.3, 0.4) is 0 Å². The first-order valence-electron chi connectivity index (χ1n) is 8.81. The van der Waals surface area contributed by atoms with E-state index in [0.29, 0.717) is 12.1 Å². The Morgan fingerprint density at radius 2 is 1.46 bits per heavy atom. The lowest BCUT2D eigenvalue weighted by Crippen LogP contribution is -2.40. The molecule has 0 aromatic heterocycles. The van der Waals surface area contributed by atoms with Crippen molar-refractivity contribution in [1.29, 1.82) is 0 Å². The van der Waals surface area contributed by atoms with Gasteiger partial charge in [-0.3, -0.25) is 0 Å². The van der Waals surface area contributed by atoms with E-state index >= 15 is 0 Å². The number of nitrogens with one attached hydrogen (secondary N) is 1. The Morgan fingerprint density at radius 3 is 1.82 bits per heavy atom. The van der Waals surface area contributed by atoms with Gasteiger partial charge in [0.25, 0.3) is 0 Å². The normalized spacial score (nSPS) is 11.9. The van der Waals surface area contributed by atoms with Crippen LogP contribution in [0.15, 0.2) is 18.2 Å². The van der Waals surface area contributed by atoms with Gasteiger partial charge in [0.1, 0.15) is 11.5 Å². The minimum atomic E-state index is -0.870. The average molecular weight is 418 g/mol. The van der Waals surface area contributed by atoms with Crippen LogP contribution in [0.4, 0.5) is 9.59 Å². The molecule has 0 radical (unpaired) electrons. The number of amides is 2. The minimum Gasteiger partial charge on any atom is -0.410 e. The molecule has 0 aliphatic rings. The number of hydrogen-bond acceptors (Lipinski definition) is 6. The van der Waals surface area contributed by atoms with Crippen molar-refractivity contribution < 1.29 is 24.2 Å². The molecule has 2 amide bonds. The van der Waals surface area contributed by atoms with Crippen molar-refractivity contribution >= 4 is 24.6 Å². The van der Waals surface area contributed by atoms with Gasteiger partial charge in [0, 0.05) is 46.3 Å². The second-order valence-corrected chi connectivity index (χ2v) is 7.40. The summed E-state index contributed by atoms with van der Waals surface area (Å²) in [5.74, 6) is 0.364. The molecule has 0 aliphatic carbocycles. The summed E-state index contributed by atoms with van der Waals surface area (Å²) in [7, 11) is 6.24. The third-order valence-electron chi connectivity index (χ3n) is 4.09. The summed E-state index contributed by atoms with van der Waals surface area (Å²) in [4.78, 5) is 26.2. The zero-order valence-electron chi connectivity index (χ0n) is 17.6. The number of aliphatic hydroxyl groups is 1. The van der Waals surface area contributed by atoms with Crippen LogP contribution in [-0.4, -0.2) is 67.4 Å². The van der Waals surface area contributed by atoms with Gasteiger partial charge >= 0.3 is 12.2 Å². The maximum atomic E-state index is 11.8. The van der Waals surface area contributed by atoms with Crippen molar-refractivity contribution in [2.24, 2.45) is 0 Å². The van der Waals surface area contributed by atoms with Gasteiger partial charge in [-0.1, -0.05) is 6.92 Å². The fraction of sp³-hybridized carbons (Fsp3) is 0.579. The molecule has 0 spiro atoms. The van der Waals surface area contributed by atoms with E-state index in [-0.39, 0.29) is 29.4 Å². The highest BCUT2D eigenvalue weighted by Gasteiger charge is 2.19. The maximum absolute atomic E-state index is 11.8. The summed E-state index contributed by atoms with van der Waals surface area (Å²) >= 11 is 0. The second kappa shape index (κ2) is 11.1.